The van der Waals surface area contributed by atoms with Crippen LogP contribution in [0, 0.1) is 6.92 Å². The third kappa shape index (κ3) is 3.69. The van der Waals surface area contributed by atoms with Gasteiger partial charge in [-0.15, -0.1) is 0 Å². The molecule has 1 aromatic heterocycles. The minimum absolute atomic E-state index is 0.389. The first-order valence-corrected chi connectivity index (χ1v) is 8.23. The van der Waals surface area contributed by atoms with Gasteiger partial charge in [0.05, 0.1) is 6.54 Å². The van der Waals surface area contributed by atoms with Gasteiger partial charge in [0.25, 0.3) is 0 Å². The van der Waals surface area contributed by atoms with Gasteiger partial charge in [0.15, 0.2) is 0 Å². The van der Waals surface area contributed by atoms with Gasteiger partial charge in [0, 0.05) is 27.8 Å². The summed E-state index contributed by atoms with van der Waals surface area (Å²) in [6.45, 7) is 4.76. The molecule has 2 rings (SSSR count). The molecule has 0 aromatic carbocycles. The lowest BCUT2D eigenvalue weighted by Gasteiger charge is -2.28. The second kappa shape index (κ2) is 6.53. The number of furan rings is 1. The van der Waals surface area contributed by atoms with Crippen LogP contribution in [0.2, 0.25) is 0 Å². The lowest BCUT2D eigenvalue weighted by atomic mass is 9.95. The minimum Gasteiger partial charge on any atom is -0.465 e. The van der Waals surface area contributed by atoms with Crippen molar-refractivity contribution in [3.8, 4) is 0 Å². The molecule has 0 saturated heterocycles. The number of hydrogen-bond donors (Lipinski definition) is 1. The molecule has 1 fully saturated rings. The Morgan fingerprint density at radius 3 is 2.94 bits per heavy atom. The quantitative estimate of drug-likeness (QED) is 0.893. The highest BCUT2D eigenvalue weighted by atomic mass is 32.2. The lowest BCUT2D eigenvalue weighted by Crippen LogP contribution is -2.37. The maximum absolute atomic E-state index is 11.9. The molecule has 3 atom stereocenters. The fourth-order valence-corrected chi connectivity index (χ4v) is 3.98. The maximum Gasteiger partial charge on any atom is 0.117 e. The molecular formula is C14H23NO2S. The van der Waals surface area contributed by atoms with E-state index in [-0.39, 0.29) is 0 Å². The van der Waals surface area contributed by atoms with E-state index in [1.54, 1.807) is 0 Å². The molecule has 1 saturated carbocycles. The van der Waals surface area contributed by atoms with E-state index in [2.05, 4.69) is 5.32 Å². The van der Waals surface area contributed by atoms with Crippen LogP contribution in [0.3, 0.4) is 0 Å². The number of nitrogens with one attached hydrogen (secondary N) is 1. The SMILES string of the molecule is CC[S@@](=O)[C@@H]1CCC[C@H](NCc2ccc(C)o2)C1. The van der Waals surface area contributed by atoms with E-state index < -0.39 is 10.8 Å². The van der Waals surface area contributed by atoms with E-state index in [4.69, 9.17) is 4.42 Å². The Labute approximate surface area is 112 Å². The van der Waals surface area contributed by atoms with Crippen LogP contribution in [0.25, 0.3) is 0 Å². The van der Waals surface area contributed by atoms with E-state index in [0.29, 0.717) is 11.3 Å². The fraction of sp³-hybridized carbons (Fsp3) is 0.714. The van der Waals surface area contributed by atoms with Gasteiger partial charge >= 0.3 is 0 Å². The van der Waals surface area contributed by atoms with Crippen LogP contribution in [0.15, 0.2) is 16.5 Å². The zero-order valence-electron chi connectivity index (χ0n) is 11.3. The van der Waals surface area contributed by atoms with Crippen molar-refractivity contribution < 1.29 is 8.63 Å². The molecule has 0 unspecified atom stereocenters. The van der Waals surface area contributed by atoms with Gasteiger partial charge < -0.3 is 9.73 Å². The molecule has 1 aromatic rings. The van der Waals surface area contributed by atoms with Gasteiger partial charge in [0.2, 0.25) is 0 Å². The van der Waals surface area contributed by atoms with Gasteiger partial charge in [-0.05, 0) is 38.3 Å². The third-order valence-corrected chi connectivity index (χ3v) is 5.38. The summed E-state index contributed by atoms with van der Waals surface area (Å²) in [5.41, 5.74) is 0. The molecule has 18 heavy (non-hydrogen) atoms. The van der Waals surface area contributed by atoms with Crippen molar-refractivity contribution in [1.82, 2.24) is 5.32 Å². The van der Waals surface area contributed by atoms with E-state index >= 15 is 0 Å². The Hall–Kier alpha value is -0.610. The Balaban J connectivity index is 1.80. The van der Waals surface area contributed by atoms with Crippen LogP contribution in [0.1, 0.15) is 44.1 Å². The smallest absolute Gasteiger partial charge is 0.117 e. The lowest BCUT2D eigenvalue weighted by molar-refractivity contribution is 0.357. The molecule has 102 valence electrons. The zero-order valence-corrected chi connectivity index (χ0v) is 12.1. The summed E-state index contributed by atoms with van der Waals surface area (Å²) in [6.07, 6.45) is 4.54. The van der Waals surface area contributed by atoms with E-state index in [1.807, 2.05) is 26.0 Å². The van der Waals surface area contributed by atoms with Gasteiger partial charge in [-0.2, -0.15) is 0 Å². The monoisotopic (exact) mass is 269 g/mol. The van der Waals surface area contributed by atoms with Crippen molar-refractivity contribution in [2.24, 2.45) is 0 Å². The standard InChI is InChI=1S/C14H23NO2S/c1-3-18(16)14-6-4-5-12(9-14)15-10-13-8-7-11(2)17-13/h7-8,12,14-15H,3-6,9-10H2,1-2H3/t12-,14+,18+/m0/s1. The summed E-state index contributed by atoms with van der Waals surface area (Å²) >= 11 is 0. The second-order valence-electron chi connectivity index (χ2n) is 5.05. The molecule has 4 heteroatoms. The Bertz CT molecular complexity index is 402. The second-order valence-corrected chi connectivity index (χ2v) is 7.05. The highest BCUT2D eigenvalue weighted by Crippen LogP contribution is 2.23. The molecule has 1 N–H and O–H groups in total. The average molecular weight is 269 g/mol. The molecule has 1 aliphatic carbocycles. The highest BCUT2D eigenvalue weighted by molar-refractivity contribution is 7.85. The van der Waals surface area contributed by atoms with Crippen LogP contribution < -0.4 is 5.32 Å². The Morgan fingerprint density at radius 1 is 1.44 bits per heavy atom. The zero-order chi connectivity index (χ0) is 13.0. The number of rotatable bonds is 5. The maximum atomic E-state index is 11.9. The molecular weight excluding hydrogens is 246 g/mol. The third-order valence-electron chi connectivity index (χ3n) is 3.64. The summed E-state index contributed by atoms with van der Waals surface area (Å²) in [7, 11) is -0.642. The first-order chi connectivity index (χ1) is 8.69. The number of aryl methyl sites for hydroxylation is 1. The van der Waals surface area contributed by atoms with Crippen molar-refractivity contribution in [3.05, 3.63) is 23.7 Å². The van der Waals surface area contributed by atoms with Crippen molar-refractivity contribution >= 4 is 10.8 Å². The van der Waals surface area contributed by atoms with E-state index in [1.165, 1.54) is 12.8 Å². The fourth-order valence-electron chi connectivity index (χ4n) is 2.63. The van der Waals surface area contributed by atoms with E-state index in [9.17, 15) is 4.21 Å². The topological polar surface area (TPSA) is 42.2 Å². The van der Waals surface area contributed by atoms with Gasteiger partial charge in [-0.25, -0.2) is 0 Å². The van der Waals surface area contributed by atoms with Crippen LogP contribution in [0.5, 0.6) is 0 Å². The van der Waals surface area contributed by atoms with Crippen LogP contribution in [-0.4, -0.2) is 21.3 Å². The Kier molecular flexibility index (Phi) is 5.01. The summed E-state index contributed by atoms with van der Waals surface area (Å²) in [4.78, 5) is 0. The molecule has 0 radical (unpaired) electrons. The van der Waals surface area contributed by atoms with Crippen LogP contribution >= 0.6 is 0 Å². The van der Waals surface area contributed by atoms with Crippen LogP contribution in [0.4, 0.5) is 0 Å². The van der Waals surface area contributed by atoms with Crippen molar-refractivity contribution in [3.63, 3.8) is 0 Å². The number of hydrogen-bond acceptors (Lipinski definition) is 3. The molecule has 3 nitrogen and oxygen atoms in total. The van der Waals surface area contributed by atoms with Crippen LogP contribution in [-0.2, 0) is 17.3 Å². The molecule has 0 amide bonds. The summed E-state index contributed by atoms with van der Waals surface area (Å²) in [5.74, 6) is 2.74. The molecule has 0 aliphatic heterocycles. The molecule has 1 heterocycles. The summed E-state index contributed by atoms with van der Waals surface area (Å²) in [5, 5.41) is 3.92. The minimum atomic E-state index is -0.642. The molecule has 0 bridgehead atoms. The molecule has 0 spiro atoms. The summed E-state index contributed by atoms with van der Waals surface area (Å²) in [6, 6.07) is 4.50. The highest BCUT2D eigenvalue weighted by Gasteiger charge is 2.25. The first-order valence-electron chi connectivity index (χ1n) is 6.85. The van der Waals surface area contributed by atoms with Crippen molar-refractivity contribution in [2.75, 3.05) is 5.75 Å². The predicted octanol–water partition coefficient (Wildman–Crippen LogP) is 2.76. The normalized spacial score (nSPS) is 26.1. The van der Waals surface area contributed by atoms with Crippen molar-refractivity contribution in [2.45, 2.75) is 57.4 Å². The molecule has 1 aliphatic rings. The predicted molar refractivity (Wildman–Crippen MR) is 75.0 cm³/mol. The van der Waals surface area contributed by atoms with Gasteiger partial charge in [-0.3, -0.25) is 4.21 Å². The largest absolute Gasteiger partial charge is 0.465 e. The van der Waals surface area contributed by atoms with Crippen molar-refractivity contribution in [1.29, 1.82) is 0 Å². The van der Waals surface area contributed by atoms with Gasteiger partial charge in [0.1, 0.15) is 11.5 Å². The first kappa shape index (κ1) is 13.8. The van der Waals surface area contributed by atoms with E-state index in [0.717, 1.165) is 36.7 Å². The summed E-state index contributed by atoms with van der Waals surface area (Å²) < 4.78 is 17.4. The Morgan fingerprint density at radius 2 is 2.28 bits per heavy atom. The average Bonchev–Trinajstić information content (AvgIpc) is 2.81. The van der Waals surface area contributed by atoms with Gasteiger partial charge in [-0.1, -0.05) is 13.3 Å².